The summed E-state index contributed by atoms with van der Waals surface area (Å²) in [7, 11) is 0. The molecule has 3 nitrogen and oxygen atoms in total. The number of rotatable bonds is 6. The number of anilines is 1. The van der Waals surface area contributed by atoms with E-state index in [1.807, 2.05) is 0 Å². The second-order valence-corrected chi connectivity index (χ2v) is 5.99. The summed E-state index contributed by atoms with van der Waals surface area (Å²) >= 11 is 1.76. The summed E-state index contributed by atoms with van der Waals surface area (Å²) in [6, 6.07) is 2.15. The van der Waals surface area contributed by atoms with E-state index in [4.69, 9.17) is 4.98 Å². The van der Waals surface area contributed by atoms with Gasteiger partial charge in [0, 0.05) is 18.5 Å². The van der Waals surface area contributed by atoms with Crippen LogP contribution >= 0.6 is 11.3 Å². The van der Waals surface area contributed by atoms with Crippen molar-refractivity contribution in [1.29, 1.82) is 0 Å². The lowest BCUT2D eigenvalue weighted by Gasteiger charge is -2.13. The summed E-state index contributed by atoms with van der Waals surface area (Å²) in [4.78, 5) is 10.7. The minimum atomic E-state index is 0.929. The van der Waals surface area contributed by atoms with E-state index >= 15 is 0 Å². The van der Waals surface area contributed by atoms with E-state index in [-0.39, 0.29) is 0 Å². The van der Waals surface area contributed by atoms with Crippen molar-refractivity contribution in [2.24, 2.45) is 0 Å². The van der Waals surface area contributed by atoms with Crippen molar-refractivity contribution in [1.82, 2.24) is 9.97 Å². The fourth-order valence-corrected chi connectivity index (χ4v) is 3.12. The van der Waals surface area contributed by atoms with Gasteiger partial charge >= 0.3 is 0 Å². The van der Waals surface area contributed by atoms with E-state index in [2.05, 4.69) is 49.4 Å². The molecule has 0 fully saturated rings. The van der Waals surface area contributed by atoms with Crippen molar-refractivity contribution in [2.75, 3.05) is 11.9 Å². The maximum atomic E-state index is 4.79. The molecule has 0 aliphatic rings. The third-order valence-electron chi connectivity index (χ3n) is 3.29. The first-order valence-corrected chi connectivity index (χ1v) is 8.21. The number of aryl methyl sites for hydroxylation is 2. The Morgan fingerprint density at radius 1 is 1.15 bits per heavy atom. The fraction of sp³-hybridized carbons (Fsp3) is 0.500. The maximum Gasteiger partial charge on any atom is 0.133 e. The van der Waals surface area contributed by atoms with Gasteiger partial charge in [0.15, 0.2) is 0 Å². The summed E-state index contributed by atoms with van der Waals surface area (Å²) in [5.41, 5.74) is 3.54. The molecule has 2 aromatic rings. The number of aromatic nitrogens is 2. The molecule has 0 aromatic carbocycles. The van der Waals surface area contributed by atoms with Crippen molar-refractivity contribution >= 4 is 17.2 Å². The summed E-state index contributed by atoms with van der Waals surface area (Å²) in [5.74, 6) is 1.94. The highest BCUT2D eigenvalue weighted by Gasteiger charge is 2.14. The zero-order valence-corrected chi connectivity index (χ0v) is 13.6. The fourth-order valence-electron chi connectivity index (χ4n) is 2.15. The molecule has 2 aromatic heterocycles. The van der Waals surface area contributed by atoms with Crippen LogP contribution in [-0.4, -0.2) is 16.5 Å². The topological polar surface area (TPSA) is 37.8 Å². The van der Waals surface area contributed by atoms with Crippen LogP contribution in [0, 0.1) is 13.8 Å². The van der Waals surface area contributed by atoms with Crippen molar-refractivity contribution in [2.45, 2.75) is 47.0 Å². The Bertz CT molecular complexity index is 575. The first-order valence-electron chi connectivity index (χ1n) is 7.33. The van der Waals surface area contributed by atoms with E-state index in [0.29, 0.717) is 0 Å². The highest BCUT2D eigenvalue weighted by atomic mass is 32.1. The van der Waals surface area contributed by atoms with Gasteiger partial charge in [-0.3, -0.25) is 0 Å². The number of nitrogens with one attached hydrogen (secondary N) is 1. The molecular weight excluding hydrogens is 266 g/mol. The minimum absolute atomic E-state index is 0.929. The molecule has 2 heterocycles. The van der Waals surface area contributed by atoms with Crippen LogP contribution in [0.15, 0.2) is 11.4 Å². The Balaban J connectivity index is 2.48. The number of nitrogens with zero attached hydrogens (tertiary/aromatic N) is 2. The summed E-state index contributed by atoms with van der Waals surface area (Å²) < 4.78 is 0. The zero-order valence-electron chi connectivity index (χ0n) is 12.8. The smallest absolute Gasteiger partial charge is 0.133 e. The largest absolute Gasteiger partial charge is 0.370 e. The van der Waals surface area contributed by atoms with Gasteiger partial charge in [0.2, 0.25) is 0 Å². The Labute approximate surface area is 125 Å². The molecule has 0 bridgehead atoms. The van der Waals surface area contributed by atoms with Crippen LogP contribution in [0.1, 0.15) is 43.6 Å². The normalized spacial score (nSPS) is 10.8. The van der Waals surface area contributed by atoms with E-state index in [9.17, 15) is 0 Å². The molecule has 0 unspecified atom stereocenters. The maximum absolute atomic E-state index is 4.79. The van der Waals surface area contributed by atoms with Crippen LogP contribution in [-0.2, 0) is 6.42 Å². The third kappa shape index (κ3) is 3.18. The molecule has 4 heteroatoms. The molecule has 0 atom stereocenters. The van der Waals surface area contributed by atoms with Gasteiger partial charge < -0.3 is 5.32 Å². The molecule has 0 saturated heterocycles. The van der Waals surface area contributed by atoms with Gasteiger partial charge in [0.1, 0.15) is 11.6 Å². The monoisotopic (exact) mass is 289 g/mol. The van der Waals surface area contributed by atoms with E-state index < -0.39 is 0 Å². The average molecular weight is 289 g/mol. The van der Waals surface area contributed by atoms with Crippen LogP contribution < -0.4 is 5.32 Å². The molecule has 0 amide bonds. The van der Waals surface area contributed by atoms with Gasteiger partial charge in [-0.25, -0.2) is 9.97 Å². The van der Waals surface area contributed by atoms with Crippen molar-refractivity contribution in [3.05, 3.63) is 28.4 Å². The molecule has 0 aliphatic carbocycles. The van der Waals surface area contributed by atoms with Crippen LogP contribution in [0.4, 0.5) is 5.82 Å². The molecule has 1 N–H and O–H groups in total. The van der Waals surface area contributed by atoms with Gasteiger partial charge in [-0.2, -0.15) is 0 Å². The molecule has 20 heavy (non-hydrogen) atoms. The van der Waals surface area contributed by atoms with Crippen molar-refractivity contribution in [3.63, 3.8) is 0 Å². The van der Waals surface area contributed by atoms with E-state index in [1.165, 1.54) is 10.4 Å². The quantitative estimate of drug-likeness (QED) is 0.844. The number of thiophene rings is 1. The Kier molecular flexibility index (Phi) is 5.12. The molecule has 0 aliphatic heterocycles. The number of hydrogen-bond acceptors (Lipinski definition) is 4. The van der Waals surface area contributed by atoms with E-state index in [0.717, 1.165) is 48.7 Å². The first-order chi connectivity index (χ1) is 9.67. The lowest BCUT2D eigenvalue weighted by molar-refractivity contribution is 0.830. The highest BCUT2D eigenvalue weighted by molar-refractivity contribution is 7.13. The van der Waals surface area contributed by atoms with Crippen LogP contribution in [0.25, 0.3) is 10.6 Å². The second-order valence-electron chi connectivity index (χ2n) is 5.07. The van der Waals surface area contributed by atoms with Gasteiger partial charge in [0.05, 0.1) is 10.6 Å². The van der Waals surface area contributed by atoms with Gasteiger partial charge in [-0.05, 0) is 43.7 Å². The third-order valence-corrected chi connectivity index (χ3v) is 4.31. The highest BCUT2D eigenvalue weighted by Crippen LogP contribution is 2.32. The predicted octanol–water partition coefficient (Wildman–Crippen LogP) is 4.60. The lowest BCUT2D eigenvalue weighted by atomic mass is 10.1. The molecule has 108 valence electrons. The van der Waals surface area contributed by atoms with Crippen LogP contribution in [0.3, 0.4) is 0 Å². The lowest BCUT2D eigenvalue weighted by Crippen LogP contribution is -2.09. The van der Waals surface area contributed by atoms with Gasteiger partial charge in [-0.15, -0.1) is 11.3 Å². The van der Waals surface area contributed by atoms with Gasteiger partial charge in [-0.1, -0.05) is 13.8 Å². The molecule has 0 radical (unpaired) electrons. The Morgan fingerprint density at radius 3 is 2.55 bits per heavy atom. The average Bonchev–Trinajstić information content (AvgIpc) is 2.85. The first kappa shape index (κ1) is 15.0. The van der Waals surface area contributed by atoms with Crippen LogP contribution in [0.5, 0.6) is 0 Å². The Morgan fingerprint density at radius 2 is 1.95 bits per heavy atom. The SMILES string of the molecule is CCCNc1nc(CCC)nc(-c2sccc2C)c1C. The minimum Gasteiger partial charge on any atom is -0.370 e. The summed E-state index contributed by atoms with van der Waals surface area (Å²) in [6.07, 6.45) is 3.09. The van der Waals surface area contributed by atoms with E-state index in [1.54, 1.807) is 11.3 Å². The molecule has 0 spiro atoms. The predicted molar refractivity (Wildman–Crippen MR) is 87.6 cm³/mol. The number of hydrogen-bond donors (Lipinski definition) is 1. The van der Waals surface area contributed by atoms with Crippen LogP contribution in [0.2, 0.25) is 0 Å². The van der Waals surface area contributed by atoms with Crippen molar-refractivity contribution in [3.8, 4) is 10.6 Å². The molecule has 2 rings (SSSR count). The van der Waals surface area contributed by atoms with Gasteiger partial charge in [0.25, 0.3) is 0 Å². The second kappa shape index (κ2) is 6.84. The van der Waals surface area contributed by atoms with Crippen molar-refractivity contribution < 1.29 is 0 Å². The molecule has 0 saturated carbocycles. The Hall–Kier alpha value is -1.42. The molecular formula is C16H23N3S. The standard InChI is InChI=1S/C16H23N3S/c1-5-7-13-18-14(15-11(3)8-10-20-15)12(4)16(19-13)17-9-6-2/h8,10H,5-7,9H2,1-4H3,(H,17,18,19). The summed E-state index contributed by atoms with van der Waals surface area (Å²) in [5, 5.41) is 5.57. The summed E-state index contributed by atoms with van der Waals surface area (Å²) in [6.45, 7) is 9.54. The zero-order chi connectivity index (χ0) is 14.5.